The summed E-state index contributed by atoms with van der Waals surface area (Å²) >= 11 is 0. The van der Waals surface area contributed by atoms with Crippen molar-refractivity contribution in [2.75, 3.05) is 26.0 Å². The fourth-order valence-corrected chi connectivity index (χ4v) is 3.86. The minimum Gasteiger partial charge on any atom is -0.367 e. The van der Waals surface area contributed by atoms with E-state index in [1.807, 2.05) is 42.2 Å². The van der Waals surface area contributed by atoms with Crippen LogP contribution in [0.4, 0.5) is 5.82 Å². The summed E-state index contributed by atoms with van der Waals surface area (Å²) in [4.78, 5) is 30.1. The Kier molecular flexibility index (Phi) is 5.28. The number of hydrogen-bond donors (Lipinski definition) is 1. The van der Waals surface area contributed by atoms with Crippen molar-refractivity contribution in [3.05, 3.63) is 48.5 Å². The smallest absolute Gasteiger partial charge is 0.237 e. The van der Waals surface area contributed by atoms with Gasteiger partial charge in [0.2, 0.25) is 5.91 Å². The van der Waals surface area contributed by atoms with Gasteiger partial charge in [-0.05, 0) is 75.2 Å². The number of nitrogens with one attached hydrogen (secondary N) is 1. The minimum atomic E-state index is 0.165. The second-order valence-corrected chi connectivity index (χ2v) is 8.90. The van der Waals surface area contributed by atoms with Crippen LogP contribution in [0.15, 0.2) is 42.9 Å². The fraction of sp³-hybridized carbons (Fsp3) is 0.417. The van der Waals surface area contributed by atoms with Gasteiger partial charge in [-0.3, -0.25) is 9.78 Å². The van der Waals surface area contributed by atoms with Crippen molar-refractivity contribution in [1.29, 1.82) is 0 Å². The van der Waals surface area contributed by atoms with E-state index in [2.05, 4.69) is 38.5 Å². The second-order valence-electron chi connectivity index (χ2n) is 8.90. The molecule has 1 aromatic carbocycles. The first-order chi connectivity index (χ1) is 15.1. The molecule has 2 heterocycles. The summed E-state index contributed by atoms with van der Waals surface area (Å²) in [6.45, 7) is 0.980. The molecule has 0 aliphatic heterocycles. The van der Waals surface area contributed by atoms with Crippen molar-refractivity contribution in [3.63, 3.8) is 0 Å². The SMILES string of the molecule is CN(C)CC(=O)N(Cc1cc(-c2ccc3ncnc(NC4CC4)c3c2)ccn1)C1CC1. The maximum Gasteiger partial charge on any atom is 0.237 e. The van der Waals surface area contributed by atoms with Crippen molar-refractivity contribution in [3.8, 4) is 11.1 Å². The minimum absolute atomic E-state index is 0.165. The van der Waals surface area contributed by atoms with Gasteiger partial charge in [0.15, 0.2) is 0 Å². The molecule has 0 radical (unpaired) electrons. The highest BCUT2D eigenvalue weighted by molar-refractivity contribution is 5.92. The van der Waals surface area contributed by atoms with Crippen molar-refractivity contribution in [2.24, 2.45) is 0 Å². The first-order valence-electron chi connectivity index (χ1n) is 11.0. The Balaban J connectivity index is 1.41. The Bertz CT molecular complexity index is 1110. The number of amides is 1. The van der Waals surface area contributed by atoms with Crippen LogP contribution >= 0.6 is 0 Å². The molecule has 0 unspecified atom stereocenters. The maximum absolute atomic E-state index is 12.7. The molecule has 2 saturated carbocycles. The molecule has 1 N–H and O–H groups in total. The van der Waals surface area contributed by atoms with Gasteiger partial charge in [-0.2, -0.15) is 0 Å². The molecule has 2 fully saturated rings. The molecule has 2 aromatic heterocycles. The first-order valence-corrected chi connectivity index (χ1v) is 11.0. The number of fused-ring (bicyclic) bond motifs is 1. The van der Waals surface area contributed by atoms with Gasteiger partial charge in [-0.1, -0.05) is 6.07 Å². The lowest BCUT2D eigenvalue weighted by Crippen LogP contribution is -2.39. The van der Waals surface area contributed by atoms with Crippen LogP contribution in [0.1, 0.15) is 31.4 Å². The number of rotatable bonds is 8. The van der Waals surface area contributed by atoms with Crippen LogP contribution in [0, 0.1) is 0 Å². The lowest BCUT2D eigenvalue weighted by atomic mass is 10.0. The predicted molar refractivity (Wildman–Crippen MR) is 122 cm³/mol. The second kappa shape index (κ2) is 8.23. The Morgan fingerprint density at radius 1 is 1.03 bits per heavy atom. The zero-order chi connectivity index (χ0) is 21.4. The number of hydrogen-bond acceptors (Lipinski definition) is 6. The van der Waals surface area contributed by atoms with E-state index in [0.717, 1.165) is 46.4 Å². The monoisotopic (exact) mass is 416 g/mol. The quantitative estimate of drug-likeness (QED) is 0.607. The lowest BCUT2D eigenvalue weighted by Gasteiger charge is -2.24. The molecule has 2 aliphatic carbocycles. The topological polar surface area (TPSA) is 74.2 Å². The number of nitrogens with zero attached hydrogens (tertiary/aromatic N) is 5. The highest BCUT2D eigenvalue weighted by atomic mass is 16.2. The Morgan fingerprint density at radius 3 is 2.58 bits per heavy atom. The first kappa shape index (κ1) is 19.9. The number of likely N-dealkylation sites (N-methyl/N-ethyl adjacent to an activating group) is 1. The third-order valence-electron chi connectivity index (χ3n) is 5.80. The Labute approximate surface area is 182 Å². The third-order valence-corrected chi connectivity index (χ3v) is 5.80. The van der Waals surface area contributed by atoms with Gasteiger partial charge in [0.05, 0.1) is 24.3 Å². The normalized spacial score (nSPS) is 16.0. The van der Waals surface area contributed by atoms with Crippen LogP contribution in [0.25, 0.3) is 22.0 Å². The molecule has 0 spiro atoms. The summed E-state index contributed by atoms with van der Waals surface area (Å²) in [5.74, 6) is 1.07. The number of carbonyl (C=O) groups excluding carboxylic acids is 1. The highest BCUT2D eigenvalue weighted by Crippen LogP contribution is 2.32. The van der Waals surface area contributed by atoms with Crippen LogP contribution in [-0.2, 0) is 11.3 Å². The van der Waals surface area contributed by atoms with Crippen LogP contribution in [0.5, 0.6) is 0 Å². The Hall–Kier alpha value is -3.06. The number of benzene rings is 1. The molecule has 7 heteroatoms. The van der Waals surface area contributed by atoms with Gasteiger partial charge < -0.3 is 15.1 Å². The number of anilines is 1. The maximum atomic E-state index is 12.7. The van der Waals surface area contributed by atoms with E-state index >= 15 is 0 Å². The van der Waals surface area contributed by atoms with Crippen molar-refractivity contribution in [2.45, 2.75) is 44.3 Å². The van der Waals surface area contributed by atoms with Crippen LogP contribution in [-0.4, -0.2) is 63.4 Å². The highest BCUT2D eigenvalue weighted by Gasteiger charge is 2.32. The standard InChI is InChI=1S/C24H28N6O/c1-29(2)14-23(31)30(20-6-7-20)13-19-11-17(9-10-25-19)16-3-8-22-21(12-16)24(27-15-26-22)28-18-4-5-18/h3,8-12,15,18,20H,4-7,13-14H2,1-2H3,(H,26,27,28). The van der Waals surface area contributed by atoms with Gasteiger partial charge in [-0.25, -0.2) is 9.97 Å². The van der Waals surface area contributed by atoms with Crippen LogP contribution in [0.3, 0.4) is 0 Å². The molecular weight excluding hydrogens is 388 g/mol. The summed E-state index contributed by atoms with van der Waals surface area (Å²) in [7, 11) is 3.86. The molecule has 0 atom stereocenters. The van der Waals surface area contributed by atoms with E-state index in [-0.39, 0.29) is 5.91 Å². The molecule has 0 bridgehead atoms. The zero-order valence-corrected chi connectivity index (χ0v) is 18.1. The number of aromatic nitrogens is 3. The van der Waals surface area contributed by atoms with Gasteiger partial charge in [0.25, 0.3) is 0 Å². The average Bonchev–Trinajstić information content (AvgIpc) is 3.67. The summed E-state index contributed by atoms with van der Waals surface area (Å²) in [5.41, 5.74) is 4.04. The van der Waals surface area contributed by atoms with E-state index in [0.29, 0.717) is 25.2 Å². The van der Waals surface area contributed by atoms with Crippen LogP contribution < -0.4 is 5.32 Å². The fourth-order valence-electron chi connectivity index (χ4n) is 3.86. The summed E-state index contributed by atoms with van der Waals surface area (Å²) in [6, 6.07) is 11.3. The molecule has 31 heavy (non-hydrogen) atoms. The molecule has 3 aromatic rings. The van der Waals surface area contributed by atoms with E-state index in [1.54, 1.807) is 6.33 Å². The Morgan fingerprint density at radius 2 is 1.84 bits per heavy atom. The van der Waals surface area contributed by atoms with Crippen molar-refractivity contribution in [1.82, 2.24) is 24.8 Å². The molecular formula is C24H28N6O. The largest absolute Gasteiger partial charge is 0.367 e. The van der Waals surface area contributed by atoms with E-state index in [1.165, 1.54) is 12.8 Å². The molecule has 1 amide bonds. The number of carbonyl (C=O) groups is 1. The number of pyridine rings is 1. The predicted octanol–water partition coefficient (Wildman–Crippen LogP) is 3.32. The van der Waals surface area contributed by atoms with E-state index in [9.17, 15) is 4.79 Å². The summed E-state index contributed by atoms with van der Waals surface area (Å²) < 4.78 is 0. The molecule has 5 rings (SSSR count). The summed E-state index contributed by atoms with van der Waals surface area (Å²) in [6.07, 6.45) is 8.02. The molecule has 160 valence electrons. The van der Waals surface area contributed by atoms with Crippen LogP contribution in [0.2, 0.25) is 0 Å². The lowest BCUT2D eigenvalue weighted by molar-refractivity contribution is -0.133. The van der Waals surface area contributed by atoms with Gasteiger partial charge >= 0.3 is 0 Å². The van der Waals surface area contributed by atoms with Crippen molar-refractivity contribution < 1.29 is 4.79 Å². The van der Waals surface area contributed by atoms with Crippen molar-refractivity contribution >= 4 is 22.6 Å². The van der Waals surface area contributed by atoms with Gasteiger partial charge in [0, 0.05) is 23.7 Å². The van der Waals surface area contributed by atoms with E-state index in [4.69, 9.17) is 0 Å². The average molecular weight is 417 g/mol. The van der Waals surface area contributed by atoms with E-state index < -0.39 is 0 Å². The third kappa shape index (κ3) is 4.66. The van der Waals surface area contributed by atoms with Gasteiger partial charge in [0.1, 0.15) is 12.1 Å². The molecule has 0 saturated heterocycles. The molecule has 7 nitrogen and oxygen atoms in total. The van der Waals surface area contributed by atoms with Gasteiger partial charge in [-0.15, -0.1) is 0 Å². The summed E-state index contributed by atoms with van der Waals surface area (Å²) in [5, 5.41) is 4.54. The zero-order valence-electron chi connectivity index (χ0n) is 18.1. The molecule has 2 aliphatic rings.